The summed E-state index contributed by atoms with van der Waals surface area (Å²) >= 11 is 0. The Bertz CT molecular complexity index is 376. The van der Waals surface area contributed by atoms with Crippen LogP contribution in [0.1, 0.15) is 0 Å². The van der Waals surface area contributed by atoms with Gasteiger partial charge in [0.25, 0.3) is 0 Å². The molecule has 0 saturated carbocycles. The number of hydrogen-bond donors (Lipinski definition) is 0. The van der Waals surface area contributed by atoms with E-state index in [4.69, 9.17) is 63.2 Å². The minimum Gasteiger partial charge on any atom is -0.870 e. The van der Waals surface area contributed by atoms with Crippen molar-refractivity contribution >= 4 is 117 Å². The fourth-order valence-corrected chi connectivity index (χ4v) is 0. The van der Waals surface area contributed by atoms with Crippen molar-refractivity contribution < 1.29 is 129 Å². The molecule has 0 bridgehead atoms. The van der Waals surface area contributed by atoms with Gasteiger partial charge in [-0.25, -0.2) is 0 Å². The van der Waals surface area contributed by atoms with Crippen LogP contribution < -0.4 is 48.7 Å². The van der Waals surface area contributed by atoms with Crippen molar-refractivity contribution in [3.8, 4) is 0 Å². The van der Waals surface area contributed by atoms with Crippen LogP contribution in [0.5, 0.6) is 0 Å². The molecular formula is H4AlCaMgNaO17S2Si2Zn. The van der Waals surface area contributed by atoms with Gasteiger partial charge in [-0.15, -0.1) is 0 Å². The molecule has 136 valence electrons. The average molecular weight is 576 g/mol. The van der Waals surface area contributed by atoms with Crippen molar-refractivity contribution in [1.82, 2.24) is 0 Å². The summed E-state index contributed by atoms with van der Waals surface area (Å²) < 4.78 is 85.2. The zero-order chi connectivity index (χ0) is 16.2. The first-order valence-corrected chi connectivity index (χ1v) is 7.67. The molecular weight excluding hydrogens is 572 g/mol. The summed E-state index contributed by atoms with van der Waals surface area (Å²) in [5.74, 6) is 0. The van der Waals surface area contributed by atoms with Crippen LogP contribution in [0.25, 0.3) is 0 Å². The Morgan fingerprint density at radius 3 is 0.654 bits per heavy atom. The molecule has 0 aromatic rings. The third-order valence-electron chi connectivity index (χ3n) is 0. The molecule has 26 heavy (non-hydrogen) atoms. The smallest absolute Gasteiger partial charge is 0.870 e. The van der Waals surface area contributed by atoms with E-state index >= 15 is 0 Å². The minimum atomic E-state index is -5.17. The second-order valence-electron chi connectivity index (χ2n) is 1.32. The standard InChI is InChI=1S/Al.Ca.Mg.Na.2H2O4S.2O3Si.3H2O.Zn/c;;;;2*1-5(2,3)4;2*1-4(2)3;;;;/h;;;;2*(H2,1,2,3,4);;;3*1H2;/q+3;2*+2;+1;;;2*-2;;;;+2/p-6. The summed E-state index contributed by atoms with van der Waals surface area (Å²) in [5, 5.41) is 0. The van der Waals surface area contributed by atoms with Crippen LogP contribution in [0, 0.1) is 0 Å². The molecule has 0 amide bonds. The fourth-order valence-electron chi connectivity index (χ4n) is 0. The quantitative estimate of drug-likeness (QED) is 0.147. The Balaban J connectivity index is -0.00000000915. The Kier molecular flexibility index (Phi) is 140. The SMILES string of the molecule is O.O=S(=O)([O-])[O-].O=S(=O)([O-])[O-].O=[Si]([O-])[O-].O=[Si]([O-])[O-].[Al+3].[Ca+2].[Mg+2].[Na+].[OH-].[OH-].[Zn+2]. The van der Waals surface area contributed by atoms with Crippen LogP contribution >= 0.6 is 0 Å². The van der Waals surface area contributed by atoms with Crippen molar-refractivity contribution in [2.24, 2.45) is 0 Å². The predicted octanol–water partition coefficient (Wildman–Crippen LogP) is -13.8. The molecule has 17 nitrogen and oxygen atoms in total. The summed E-state index contributed by atoms with van der Waals surface area (Å²) in [7, 11) is -17.6. The van der Waals surface area contributed by atoms with E-state index in [2.05, 4.69) is 0 Å². The molecule has 0 radical (unpaired) electrons. The molecule has 26 heteroatoms. The molecule has 4 N–H and O–H groups in total. The molecule has 0 spiro atoms. The van der Waals surface area contributed by atoms with Crippen molar-refractivity contribution in [3.63, 3.8) is 0 Å². The van der Waals surface area contributed by atoms with Crippen LogP contribution in [-0.2, 0) is 49.2 Å². The summed E-state index contributed by atoms with van der Waals surface area (Å²) in [6.45, 7) is 0. The molecule has 0 fully saturated rings. The van der Waals surface area contributed by atoms with E-state index < -0.39 is 39.1 Å². The molecule has 0 rings (SSSR count). The van der Waals surface area contributed by atoms with Gasteiger partial charge in [0.2, 0.25) is 0 Å². The van der Waals surface area contributed by atoms with E-state index in [0.29, 0.717) is 0 Å². The van der Waals surface area contributed by atoms with Crippen LogP contribution in [0.4, 0.5) is 0 Å². The van der Waals surface area contributed by atoms with Crippen LogP contribution in [0.2, 0.25) is 0 Å². The van der Waals surface area contributed by atoms with Crippen molar-refractivity contribution in [3.05, 3.63) is 0 Å². The number of hydrogen-bond acceptors (Lipinski definition) is 16. The maximum absolute atomic E-state index is 8.52. The first-order valence-electron chi connectivity index (χ1n) is 2.56. The van der Waals surface area contributed by atoms with E-state index in [9.17, 15) is 0 Å². The van der Waals surface area contributed by atoms with Gasteiger partial charge in [-0.3, -0.25) is 16.8 Å². The summed E-state index contributed by atoms with van der Waals surface area (Å²) in [4.78, 5) is 34.1. The second kappa shape index (κ2) is 46.3. The summed E-state index contributed by atoms with van der Waals surface area (Å²) in [6, 6.07) is 0. The normalized spacial score (nSPS) is 6.31. The van der Waals surface area contributed by atoms with Gasteiger partial charge in [-0.2, -0.15) is 0 Å². The molecule has 0 aliphatic carbocycles. The Hall–Kier alpha value is 3.04. The minimum absolute atomic E-state index is 0. The Morgan fingerprint density at radius 2 is 0.654 bits per heavy atom. The van der Waals surface area contributed by atoms with Gasteiger partial charge < -0.3 is 62.7 Å². The average Bonchev–Trinajstić information content (AvgIpc) is 1.70. The maximum atomic E-state index is 8.52. The zero-order valence-corrected chi connectivity index (χ0v) is 26.0. The molecule has 0 saturated heterocycles. The molecule has 0 heterocycles. The van der Waals surface area contributed by atoms with E-state index in [1.807, 2.05) is 0 Å². The molecule has 0 aromatic heterocycles. The van der Waals surface area contributed by atoms with Crippen molar-refractivity contribution in [2.75, 3.05) is 0 Å². The second-order valence-corrected chi connectivity index (χ2v) is 3.95. The van der Waals surface area contributed by atoms with E-state index in [1.54, 1.807) is 0 Å². The van der Waals surface area contributed by atoms with Crippen molar-refractivity contribution in [1.29, 1.82) is 0 Å². The molecule has 0 atom stereocenters. The van der Waals surface area contributed by atoms with Gasteiger partial charge in [0, 0.05) is 39.1 Å². The Labute approximate surface area is 242 Å². The fraction of sp³-hybridized carbons (Fsp3) is 0. The molecule has 0 aliphatic heterocycles. The van der Waals surface area contributed by atoms with Gasteiger partial charge in [0.15, 0.2) is 0 Å². The van der Waals surface area contributed by atoms with Crippen molar-refractivity contribution in [2.45, 2.75) is 0 Å². The largest absolute Gasteiger partial charge is 3.00 e. The Morgan fingerprint density at radius 1 is 0.654 bits per heavy atom. The van der Waals surface area contributed by atoms with Gasteiger partial charge >= 0.3 is 127 Å². The number of rotatable bonds is 0. The van der Waals surface area contributed by atoms with Gasteiger partial charge in [0.05, 0.1) is 0 Å². The van der Waals surface area contributed by atoms with E-state index in [-0.39, 0.29) is 144 Å². The maximum Gasteiger partial charge on any atom is 3.00 e. The monoisotopic (exact) mass is 574 g/mol. The third kappa shape index (κ3) is 1990. The molecule has 0 aromatic carbocycles. The third-order valence-corrected chi connectivity index (χ3v) is 0. The summed E-state index contributed by atoms with van der Waals surface area (Å²) in [5.41, 5.74) is 0. The zero-order valence-electron chi connectivity index (χ0n) is 12.6. The van der Waals surface area contributed by atoms with E-state index in [1.165, 1.54) is 0 Å². The van der Waals surface area contributed by atoms with Crippen LogP contribution in [0.3, 0.4) is 0 Å². The van der Waals surface area contributed by atoms with Crippen LogP contribution in [0.15, 0.2) is 0 Å². The first kappa shape index (κ1) is 78.6. The van der Waals surface area contributed by atoms with E-state index in [0.717, 1.165) is 0 Å². The molecule has 0 unspecified atom stereocenters. The van der Waals surface area contributed by atoms with Gasteiger partial charge in [-0.05, 0) is 0 Å². The first-order chi connectivity index (χ1) is 7.46. The predicted molar refractivity (Wildman–Crippen MR) is 58.6 cm³/mol. The van der Waals surface area contributed by atoms with Crippen LogP contribution in [-0.4, -0.2) is 148 Å². The molecule has 0 aliphatic rings. The van der Waals surface area contributed by atoms with Gasteiger partial charge in [0.1, 0.15) is 0 Å². The summed E-state index contributed by atoms with van der Waals surface area (Å²) in [6.07, 6.45) is 0. The van der Waals surface area contributed by atoms with Gasteiger partial charge in [-0.1, -0.05) is 0 Å². The topological polar surface area (TPSA) is 378 Å².